The monoisotopic (exact) mass is 358 g/mol. The lowest BCUT2D eigenvalue weighted by molar-refractivity contribution is 0.0950. The highest BCUT2D eigenvalue weighted by Crippen LogP contribution is 2.28. The summed E-state index contributed by atoms with van der Waals surface area (Å²) in [4.78, 5) is 14.6. The van der Waals surface area contributed by atoms with Crippen molar-refractivity contribution in [3.63, 3.8) is 0 Å². The predicted octanol–water partition coefficient (Wildman–Crippen LogP) is 3.63. The SMILES string of the molecule is C[C@@H](CNC(=O)c1ccccc1Br)N1CCc2ccccc21. The van der Waals surface area contributed by atoms with Gasteiger partial charge in [0, 0.05) is 29.3 Å². The van der Waals surface area contributed by atoms with Crippen LogP contribution in [0.2, 0.25) is 0 Å². The van der Waals surface area contributed by atoms with Crippen molar-refractivity contribution in [3.05, 3.63) is 64.1 Å². The van der Waals surface area contributed by atoms with Crippen LogP contribution in [0.25, 0.3) is 0 Å². The zero-order chi connectivity index (χ0) is 15.5. The second kappa shape index (κ2) is 6.53. The highest BCUT2D eigenvalue weighted by molar-refractivity contribution is 9.10. The minimum Gasteiger partial charge on any atom is -0.366 e. The second-order valence-corrected chi connectivity index (χ2v) is 6.47. The number of fused-ring (bicyclic) bond motifs is 1. The number of halogens is 1. The van der Waals surface area contributed by atoms with E-state index in [2.05, 4.69) is 57.3 Å². The fraction of sp³-hybridized carbons (Fsp3) is 0.278. The summed E-state index contributed by atoms with van der Waals surface area (Å²) in [5.41, 5.74) is 3.37. The smallest absolute Gasteiger partial charge is 0.252 e. The van der Waals surface area contributed by atoms with E-state index in [9.17, 15) is 4.79 Å². The number of hydrogen-bond acceptors (Lipinski definition) is 2. The van der Waals surface area contributed by atoms with Gasteiger partial charge in [0.1, 0.15) is 0 Å². The maximum absolute atomic E-state index is 12.3. The van der Waals surface area contributed by atoms with Crippen LogP contribution in [-0.2, 0) is 6.42 Å². The summed E-state index contributed by atoms with van der Waals surface area (Å²) in [5, 5.41) is 3.04. The van der Waals surface area contributed by atoms with E-state index in [0.29, 0.717) is 12.1 Å². The van der Waals surface area contributed by atoms with Crippen LogP contribution in [0, 0.1) is 0 Å². The Morgan fingerprint density at radius 3 is 2.77 bits per heavy atom. The fourth-order valence-corrected chi connectivity index (χ4v) is 3.38. The predicted molar refractivity (Wildman–Crippen MR) is 93.4 cm³/mol. The number of carbonyl (C=O) groups is 1. The van der Waals surface area contributed by atoms with E-state index in [0.717, 1.165) is 17.4 Å². The number of hydrogen-bond donors (Lipinski definition) is 1. The Hall–Kier alpha value is -1.81. The van der Waals surface area contributed by atoms with Crippen LogP contribution in [0.1, 0.15) is 22.8 Å². The molecule has 22 heavy (non-hydrogen) atoms. The number of para-hydroxylation sites is 1. The maximum atomic E-state index is 12.3. The maximum Gasteiger partial charge on any atom is 0.252 e. The minimum atomic E-state index is -0.0354. The van der Waals surface area contributed by atoms with Crippen LogP contribution < -0.4 is 10.2 Å². The first kappa shape index (κ1) is 15.1. The number of anilines is 1. The number of carbonyl (C=O) groups excluding carboxylic acids is 1. The Balaban J connectivity index is 1.63. The van der Waals surface area contributed by atoms with Crippen molar-refractivity contribution in [1.29, 1.82) is 0 Å². The molecule has 0 radical (unpaired) electrons. The summed E-state index contributed by atoms with van der Waals surface area (Å²) in [6.45, 7) is 3.81. The molecule has 3 rings (SSSR count). The first-order valence-electron chi connectivity index (χ1n) is 7.54. The van der Waals surface area contributed by atoms with Crippen LogP contribution in [-0.4, -0.2) is 25.0 Å². The lowest BCUT2D eigenvalue weighted by Crippen LogP contribution is -2.41. The average molecular weight is 359 g/mol. The molecule has 1 atom stereocenters. The van der Waals surface area contributed by atoms with E-state index < -0.39 is 0 Å². The van der Waals surface area contributed by atoms with Gasteiger partial charge in [-0.2, -0.15) is 0 Å². The van der Waals surface area contributed by atoms with Crippen LogP contribution in [0.5, 0.6) is 0 Å². The molecule has 1 heterocycles. The quantitative estimate of drug-likeness (QED) is 0.904. The number of nitrogens with zero attached hydrogens (tertiary/aromatic N) is 1. The molecule has 2 aromatic rings. The summed E-state index contributed by atoms with van der Waals surface area (Å²) < 4.78 is 0.826. The van der Waals surface area contributed by atoms with Gasteiger partial charge in [-0.25, -0.2) is 0 Å². The van der Waals surface area contributed by atoms with Crippen molar-refractivity contribution in [3.8, 4) is 0 Å². The molecule has 2 aromatic carbocycles. The van der Waals surface area contributed by atoms with E-state index >= 15 is 0 Å². The van der Waals surface area contributed by atoms with Crippen molar-refractivity contribution >= 4 is 27.5 Å². The Bertz CT molecular complexity index is 686. The van der Waals surface area contributed by atoms with Crippen LogP contribution in [0.3, 0.4) is 0 Å². The van der Waals surface area contributed by atoms with Gasteiger partial charge in [-0.3, -0.25) is 4.79 Å². The molecule has 114 valence electrons. The molecule has 1 aliphatic rings. The Morgan fingerprint density at radius 1 is 1.23 bits per heavy atom. The first-order valence-corrected chi connectivity index (χ1v) is 8.33. The van der Waals surface area contributed by atoms with Gasteiger partial charge in [0.2, 0.25) is 0 Å². The number of amides is 1. The average Bonchev–Trinajstić information content (AvgIpc) is 2.97. The zero-order valence-corrected chi connectivity index (χ0v) is 14.1. The number of nitrogens with one attached hydrogen (secondary N) is 1. The first-order chi connectivity index (χ1) is 10.7. The summed E-state index contributed by atoms with van der Waals surface area (Å²) in [6.07, 6.45) is 1.08. The van der Waals surface area contributed by atoms with Crippen molar-refractivity contribution in [2.45, 2.75) is 19.4 Å². The molecule has 0 fully saturated rings. The van der Waals surface area contributed by atoms with Crippen LogP contribution in [0.4, 0.5) is 5.69 Å². The van der Waals surface area contributed by atoms with Gasteiger partial charge in [-0.05, 0) is 53.0 Å². The summed E-state index contributed by atoms with van der Waals surface area (Å²) in [5.74, 6) is -0.0354. The number of benzene rings is 2. The molecule has 3 nitrogen and oxygen atoms in total. The third kappa shape index (κ3) is 3.02. The summed E-state index contributed by atoms with van der Waals surface area (Å²) in [6, 6.07) is 16.3. The molecule has 1 aliphatic heterocycles. The third-order valence-corrected chi connectivity index (χ3v) is 4.82. The van der Waals surface area contributed by atoms with Gasteiger partial charge < -0.3 is 10.2 Å². The summed E-state index contributed by atoms with van der Waals surface area (Å²) in [7, 11) is 0. The largest absolute Gasteiger partial charge is 0.366 e. The summed E-state index contributed by atoms with van der Waals surface area (Å²) >= 11 is 3.42. The van der Waals surface area contributed by atoms with Crippen LogP contribution in [0.15, 0.2) is 53.0 Å². The minimum absolute atomic E-state index is 0.0354. The molecule has 1 N–H and O–H groups in total. The van der Waals surface area contributed by atoms with Gasteiger partial charge in [-0.15, -0.1) is 0 Å². The molecular formula is C18H19BrN2O. The standard InChI is InChI=1S/C18H19BrN2O/c1-13(21-11-10-14-6-2-5-9-17(14)21)12-20-18(22)15-7-3-4-8-16(15)19/h2-9,13H,10-12H2,1H3,(H,20,22)/t13-/m0/s1. The van der Waals surface area contributed by atoms with Gasteiger partial charge in [0.05, 0.1) is 5.56 Å². The van der Waals surface area contributed by atoms with E-state index in [1.807, 2.05) is 24.3 Å². The van der Waals surface area contributed by atoms with E-state index in [1.165, 1.54) is 11.3 Å². The molecule has 0 aromatic heterocycles. The molecule has 4 heteroatoms. The molecule has 1 amide bonds. The van der Waals surface area contributed by atoms with Crippen molar-refractivity contribution in [2.24, 2.45) is 0 Å². The number of rotatable bonds is 4. The second-order valence-electron chi connectivity index (χ2n) is 5.61. The van der Waals surface area contributed by atoms with E-state index in [-0.39, 0.29) is 11.9 Å². The molecule has 0 aliphatic carbocycles. The molecule has 0 spiro atoms. The van der Waals surface area contributed by atoms with Crippen molar-refractivity contribution in [1.82, 2.24) is 5.32 Å². The highest BCUT2D eigenvalue weighted by Gasteiger charge is 2.23. The van der Waals surface area contributed by atoms with Crippen LogP contribution >= 0.6 is 15.9 Å². The normalized spacial score (nSPS) is 14.5. The molecule has 0 saturated heterocycles. The third-order valence-electron chi connectivity index (χ3n) is 4.13. The topological polar surface area (TPSA) is 32.3 Å². The van der Waals surface area contributed by atoms with Gasteiger partial charge in [-0.1, -0.05) is 30.3 Å². The fourth-order valence-electron chi connectivity index (χ4n) is 2.91. The van der Waals surface area contributed by atoms with E-state index in [4.69, 9.17) is 0 Å². The van der Waals surface area contributed by atoms with E-state index in [1.54, 1.807) is 0 Å². The molecular weight excluding hydrogens is 340 g/mol. The van der Waals surface area contributed by atoms with Gasteiger partial charge >= 0.3 is 0 Å². The Labute approximate surface area is 139 Å². The lowest BCUT2D eigenvalue weighted by atomic mass is 10.1. The molecule has 0 saturated carbocycles. The van der Waals surface area contributed by atoms with Crippen molar-refractivity contribution in [2.75, 3.05) is 18.0 Å². The van der Waals surface area contributed by atoms with Crippen molar-refractivity contribution < 1.29 is 4.79 Å². The van der Waals surface area contributed by atoms with Gasteiger partial charge in [0.15, 0.2) is 0 Å². The lowest BCUT2D eigenvalue weighted by Gasteiger charge is -2.27. The molecule has 0 unspecified atom stereocenters. The Kier molecular flexibility index (Phi) is 4.48. The zero-order valence-electron chi connectivity index (χ0n) is 12.6. The molecule has 0 bridgehead atoms. The van der Waals surface area contributed by atoms with Gasteiger partial charge in [0.25, 0.3) is 5.91 Å². The highest BCUT2D eigenvalue weighted by atomic mass is 79.9. The Morgan fingerprint density at radius 2 is 1.95 bits per heavy atom.